The van der Waals surface area contributed by atoms with Crippen LogP contribution >= 0.6 is 12.2 Å². The third kappa shape index (κ3) is 2.17. The molecule has 0 amide bonds. The number of H-pyrrole nitrogens is 1. The number of aromatic nitrogens is 3. The van der Waals surface area contributed by atoms with Crippen LogP contribution in [0.5, 0.6) is 0 Å². The van der Waals surface area contributed by atoms with Crippen LogP contribution in [0.15, 0.2) is 30.9 Å². The van der Waals surface area contributed by atoms with E-state index in [2.05, 4.69) is 21.9 Å². The van der Waals surface area contributed by atoms with Crippen molar-refractivity contribution in [2.24, 2.45) is 0 Å². The summed E-state index contributed by atoms with van der Waals surface area (Å²) in [4.78, 5) is 11.3. The van der Waals surface area contributed by atoms with Gasteiger partial charge in [0.05, 0.1) is 12.0 Å². The number of hydrogen-bond donors (Lipinski definition) is 1. The Hall–Kier alpha value is -1.55. The first kappa shape index (κ1) is 11.0. The van der Waals surface area contributed by atoms with Crippen molar-refractivity contribution in [2.75, 3.05) is 0 Å². The van der Waals surface area contributed by atoms with E-state index in [4.69, 9.17) is 12.2 Å². The number of pyridine rings is 1. The topological polar surface area (TPSA) is 41.6 Å². The quantitative estimate of drug-likeness (QED) is 0.825. The standard InChI is InChI=1S/C12H13N3S/c1-2-3-10-11(14-8-15-12(10)16)9-4-6-13-7-5-9/h4-8H,2-3H2,1H3,(H,14,15,16). The van der Waals surface area contributed by atoms with E-state index >= 15 is 0 Å². The summed E-state index contributed by atoms with van der Waals surface area (Å²) in [7, 11) is 0. The van der Waals surface area contributed by atoms with Gasteiger partial charge in [-0.05, 0) is 18.6 Å². The minimum Gasteiger partial charge on any atom is -0.346 e. The third-order valence-corrected chi connectivity index (χ3v) is 2.77. The summed E-state index contributed by atoms with van der Waals surface area (Å²) in [5, 5.41) is 0. The van der Waals surface area contributed by atoms with Crippen LogP contribution in [0.25, 0.3) is 11.3 Å². The summed E-state index contributed by atoms with van der Waals surface area (Å²) in [6, 6.07) is 3.94. The Morgan fingerprint density at radius 2 is 2.06 bits per heavy atom. The van der Waals surface area contributed by atoms with E-state index < -0.39 is 0 Å². The van der Waals surface area contributed by atoms with Crippen molar-refractivity contribution < 1.29 is 0 Å². The van der Waals surface area contributed by atoms with Gasteiger partial charge in [0, 0.05) is 23.5 Å². The average molecular weight is 231 g/mol. The number of aromatic amines is 1. The molecular weight excluding hydrogens is 218 g/mol. The Morgan fingerprint density at radius 3 is 2.75 bits per heavy atom. The Labute approximate surface area is 99.6 Å². The molecule has 82 valence electrons. The second-order valence-corrected chi connectivity index (χ2v) is 3.93. The molecule has 2 aromatic rings. The molecular formula is C12H13N3S. The monoisotopic (exact) mass is 231 g/mol. The highest BCUT2D eigenvalue weighted by Crippen LogP contribution is 2.21. The molecule has 1 N–H and O–H groups in total. The van der Waals surface area contributed by atoms with E-state index in [1.807, 2.05) is 12.1 Å². The van der Waals surface area contributed by atoms with Crippen LogP contribution in [0.3, 0.4) is 0 Å². The van der Waals surface area contributed by atoms with Crippen LogP contribution in [-0.4, -0.2) is 15.0 Å². The molecule has 4 heteroatoms. The van der Waals surface area contributed by atoms with Crippen molar-refractivity contribution >= 4 is 12.2 Å². The normalized spacial score (nSPS) is 10.3. The predicted octanol–water partition coefficient (Wildman–Crippen LogP) is 3.15. The lowest BCUT2D eigenvalue weighted by Crippen LogP contribution is -1.96. The predicted molar refractivity (Wildman–Crippen MR) is 66.6 cm³/mol. The smallest absolute Gasteiger partial charge is 0.133 e. The zero-order valence-corrected chi connectivity index (χ0v) is 9.92. The lowest BCUT2D eigenvalue weighted by Gasteiger charge is -2.07. The maximum Gasteiger partial charge on any atom is 0.133 e. The molecule has 0 fully saturated rings. The summed E-state index contributed by atoms with van der Waals surface area (Å²) < 4.78 is 0.687. The molecule has 16 heavy (non-hydrogen) atoms. The van der Waals surface area contributed by atoms with Crippen molar-refractivity contribution in [1.82, 2.24) is 15.0 Å². The van der Waals surface area contributed by atoms with E-state index in [0.29, 0.717) is 4.64 Å². The molecule has 0 atom stereocenters. The highest BCUT2D eigenvalue weighted by Gasteiger charge is 2.06. The zero-order valence-electron chi connectivity index (χ0n) is 9.10. The largest absolute Gasteiger partial charge is 0.346 e. The van der Waals surface area contributed by atoms with Gasteiger partial charge in [-0.2, -0.15) is 0 Å². The molecule has 3 nitrogen and oxygen atoms in total. The van der Waals surface area contributed by atoms with Crippen LogP contribution in [0.1, 0.15) is 18.9 Å². The van der Waals surface area contributed by atoms with Gasteiger partial charge in [0.25, 0.3) is 0 Å². The van der Waals surface area contributed by atoms with E-state index in [1.165, 1.54) is 0 Å². The number of nitrogens with zero attached hydrogens (tertiary/aromatic N) is 2. The fourth-order valence-corrected chi connectivity index (χ4v) is 1.94. The van der Waals surface area contributed by atoms with E-state index in [-0.39, 0.29) is 0 Å². The molecule has 2 aromatic heterocycles. The molecule has 0 aliphatic carbocycles. The van der Waals surface area contributed by atoms with E-state index in [1.54, 1.807) is 18.7 Å². The van der Waals surface area contributed by atoms with E-state index in [9.17, 15) is 0 Å². The van der Waals surface area contributed by atoms with Gasteiger partial charge in [0.1, 0.15) is 4.64 Å². The molecule has 2 rings (SSSR count). The Balaban J connectivity index is 2.57. The maximum atomic E-state index is 5.26. The summed E-state index contributed by atoms with van der Waals surface area (Å²) in [6.45, 7) is 2.14. The van der Waals surface area contributed by atoms with Gasteiger partial charge in [0.15, 0.2) is 0 Å². The average Bonchev–Trinajstić information content (AvgIpc) is 2.33. The number of rotatable bonds is 3. The second-order valence-electron chi connectivity index (χ2n) is 3.55. The molecule has 0 saturated heterocycles. The fraction of sp³-hybridized carbons (Fsp3) is 0.250. The minimum absolute atomic E-state index is 0.687. The summed E-state index contributed by atoms with van der Waals surface area (Å²) in [5.74, 6) is 0. The van der Waals surface area contributed by atoms with Gasteiger partial charge in [-0.3, -0.25) is 4.98 Å². The third-order valence-electron chi connectivity index (χ3n) is 2.42. The van der Waals surface area contributed by atoms with Crippen molar-refractivity contribution in [3.8, 4) is 11.3 Å². The first-order valence-electron chi connectivity index (χ1n) is 5.30. The minimum atomic E-state index is 0.687. The van der Waals surface area contributed by atoms with Gasteiger partial charge >= 0.3 is 0 Å². The van der Waals surface area contributed by atoms with Crippen molar-refractivity contribution in [3.05, 3.63) is 41.1 Å². The second kappa shape index (κ2) is 4.99. The highest BCUT2D eigenvalue weighted by molar-refractivity contribution is 7.71. The van der Waals surface area contributed by atoms with Gasteiger partial charge in [0.2, 0.25) is 0 Å². The molecule has 2 heterocycles. The Morgan fingerprint density at radius 1 is 1.31 bits per heavy atom. The fourth-order valence-electron chi connectivity index (χ4n) is 1.69. The van der Waals surface area contributed by atoms with Crippen molar-refractivity contribution in [3.63, 3.8) is 0 Å². The van der Waals surface area contributed by atoms with Crippen molar-refractivity contribution in [1.29, 1.82) is 0 Å². The molecule has 0 bridgehead atoms. The number of hydrogen-bond acceptors (Lipinski definition) is 3. The Kier molecular flexibility index (Phi) is 3.41. The van der Waals surface area contributed by atoms with E-state index in [0.717, 1.165) is 29.7 Å². The summed E-state index contributed by atoms with van der Waals surface area (Å²) in [6.07, 6.45) is 7.21. The first-order valence-corrected chi connectivity index (χ1v) is 5.70. The number of nitrogens with one attached hydrogen (secondary N) is 1. The Bertz CT molecular complexity index is 519. The van der Waals surface area contributed by atoms with Crippen molar-refractivity contribution in [2.45, 2.75) is 19.8 Å². The molecule has 0 spiro atoms. The SMILES string of the molecule is CCCc1c(-c2ccncc2)[nH]cnc1=S. The van der Waals surface area contributed by atoms with Gasteiger partial charge in [-0.25, -0.2) is 4.98 Å². The lowest BCUT2D eigenvalue weighted by molar-refractivity contribution is 0.898. The zero-order chi connectivity index (χ0) is 11.4. The molecule has 0 aliphatic heterocycles. The molecule has 0 unspecified atom stereocenters. The maximum absolute atomic E-state index is 5.26. The molecule has 0 radical (unpaired) electrons. The van der Waals surface area contributed by atoms with Gasteiger partial charge < -0.3 is 4.98 Å². The van der Waals surface area contributed by atoms with Crippen LogP contribution < -0.4 is 0 Å². The van der Waals surface area contributed by atoms with Crippen LogP contribution in [0, 0.1) is 4.64 Å². The molecule has 0 aromatic carbocycles. The molecule has 0 aliphatic rings. The summed E-state index contributed by atoms with van der Waals surface area (Å²) in [5.41, 5.74) is 3.28. The highest BCUT2D eigenvalue weighted by atomic mass is 32.1. The van der Waals surface area contributed by atoms with Gasteiger partial charge in [-0.1, -0.05) is 25.6 Å². The lowest BCUT2D eigenvalue weighted by atomic mass is 10.1. The first-order chi connectivity index (χ1) is 7.83. The van der Waals surface area contributed by atoms with Crippen LogP contribution in [0.4, 0.5) is 0 Å². The van der Waals surface area contributed by atoms with Crippen LogP contribution in [-0.2, 0) is 6.42 Å². The summed E-state index contributed by atoms with van der Waals surface area (Å²) >= 11 is 5.26. The van der Waals surface area contributed by atoms with Gasteiger partial charge in [-0.15, -0.1) is 0 Å². The molecule has 0 saturated carbocycles. The van der Waals surface area contributed by atoms with Crippen LogP contribution in [0.2, 0.25) is 0 Å².